The second-order valence-electron chi connectivity index (χ2n) is 11.2. The van der Waals surface area contributed by atoms with Crippen molar-refractivity contribution in [3.8, 4) is 22.8 Å². The fourth-order valence-electron chi connectivity index (χ4n) is 5.36. The molecule has 4 aromatic rings. The molecule has 14 heteroatoms. The number of hydrogen-bond donors (Lipinski definition) is 2. The first kappa shape index (κ1) is 27.3. The Morgan fingerprint density at radius 2 is 1.95 bits per heavy atom. The lowest BCUT2D eigenvalue weighted by molar-refractivity contribution is 0.0528. The van der Waals surface area contributed by atoms with Crippen LogP contribution in [0.3, 0.4) is 0 Å². The van der Waals surface area contributed by atoms with Crippen LogP contribution in [0.25, 0.3) is 16.9 Å². The maximum Gasteiger partial charge on any atom is 0.413 e. The SMILES string of the molecule is Cn1nc(CCNC(=O)OC(C)(C)C)cc1-c1cc2c(n3cnnc13)N(C(=O)O)Cc1c(F)ccc3c1[C@@H](CO3)CO2. The van der Waals surface area contributed by atoms with E-state index >= 15 is 4.39 Å². The molecule has 6 rings (SSSR count). The number of nitrogens with zero attached hydrogens (tertiary/aromatic N) is 6. The van der Waals surface area contributed by atoms with Gasteiger partial charge in [-0.15, -0.1) is 10.2 Å². The summed E-state index contributed by atoms with van der Waals surface area (Å²) in [7, 11) is 1.77. The van der Waals surface area contributed by atoms with Gasteiger partial charge in [0.1, 0.15) is 23.5 Å². The highest BCUT2D eigenvalue weighted by Gasteiger charge is 2.35. The van der Waals surface area contributed by atoms with Gasteiger partial charge in [-0.25, -0.2) is 14.0 Å². The van der Waals surface area contributed by atoms with Crippen LogP contribution in [0.15, 0.2) is 30.6 Å². The summed E-state index contributed by atoms with van der Waals surface area (Å²) in [5, 5.41) is 25.9. The molecule has 0 fully saturated rings. The van der Waals surface area contributed by atoms with Gasteiger partial charge in [0.25, 0.3) is 0 Å². The Labute approximate surface area is 239 Å². The third kappa shape index (κ3) is 4.92. The lowest BCUT2D eigenvalue weighted by Crippen LogP contribution is -2.33. The van der Waals surface area contributed by atoms with Crippen molar-refractivity contribution in [3.63, 3.8) is 0 Å². The van der Waals surface area contributed by atoms with Crippen LogP contribution in [0, 0.1) is 5.82 Å². The van der Waals surface area contributed by atoms with E-state index < -0.39 is 23.6 Å². The van der Waals surface area contributed by atoms with Crippen molar-refractivity contribution in [1.29, 1.82) is 0 Å². The molecule has 2 amide bonds. The minimum Gasteiger partial charge on any atom is -0.493 e. The van der Waals surface area contributed by atoms with Crippen molar-refractivity contribution < 1.29 is 33.3 Å². The number of benzene rings is 1. The van der Waals surface area contributed by atoms with Crippen molar-refractivity contribution in [1.82, 2.24) is 29.7 Å². The van der Waals surface area contributed by atoms with Gasteiger partial charge in [0, 0.05) is 36.7 Å². The first-order chi connectivity index (χ1) is 20.0. The quantitative estimate of drug-likeness (QED) is 0.368. The number of hydrogen-bond acceptors (Lipinski definition) is 8. The zero-order valence-corrected chi connectivity index (χ0v) is 23.5. The number of alkyl carbamates (subject to hydrolysis) is 1. The zero-order chi connectivity index (χ0) is 29.8. The van der Waals surface area contributed by atoms with Crippen LogP contribution in [0.4, 0.5) is 19.8 Å². The topological polar surface area (TPSA) is 145 Å². The Bertz CT molecular complexity index is 1710. The van der Waals surface area contributed by atoms with E-state index in [1.807, 2.05) is 6.07 Å². The van der Waals surface area contributed by atoms with E-state index in [4.69, 9.17) is 14.2 Å². The molecule has 13 nitrogen and oxygen atoms in total. The maximum absolute atomic E-state index is 15.1. The summed E-state index contributed by atoms with van der Waals surface area (Å²) in [5.41, 5.74) is 2.61. The number of carbonyl (C=O) groups excluding carboxylic acids is 1. The summed E-state index contributed by atoms with van der Waals surface area (Å²) in [6.45, 7) is 5.87. The van der Waals surface area contributed by atoms with E-state index in [0.29, 0.717) is 53.5 Å². The van der Waals surface area contributed by atoms with Crippen LogP contribution < -0.4 is 19.7 Å². The van der Waals surface area contributed by atoms with Crippen molar-refractivity contribution >= 4 is 23.7 Å². The summed E-state index contributed by atoms with van der Waals surface area (Å²) < 4.78 is 35.6. The molecule has 5 heterocycles. The molecule has 0 aliphatic carbocycles. The Balaban J connectivity index is 1.37. The molecule has 42 heavy (non-hydrogen) atoms. The van der Waals surface area contributed by atoms with Crippen LogP contribution in [-0.2, 0) is 24.8 Å². The molecule has 220 valence electrons. The highest BCUT2D eigenvalue weighted by molar-refractivity contribution is 5.90. The normalized spacial score (nSPS) is 16.0. The Morgan fingerprint density at radius 1 is 1.19 bits per heavy atom. The molecule has 2 aliphatic rings. The zero-order valence-electron chi connectivity index (χ0n) is 23.5. The third-order valence-corrected chi connectivity index (χ3v) is 7.12. The molecule has 2 N–H and O–H groups in total. The number of fused-ring (bicyclic) bond motifs is 3. The van der Waals surface area contributed by atoms with Crippen molar-refractivity contribution in [2.75, 3.05) is 24.7 Å². The Morgan fingerprint density at radius 3 is 2.69 bits per heavy atom. The number of rotatable bonds is 4. The van der Waals surface area contributed by atoms with E-state index in [1.165, 1.54) is 16.8 Å². The van der Waals surface area contributed by atoms with E-state index in [-0.39, 0.29) is 36.2 Å². The van der Waals surface area contributed by atoms with Gasteiger partial charge in [-0.1, -0.05) is 0 Å². The number of aromatic nitrogens is 5. The van der Waals surface area contributed by atoms with Gasteiger partial charge in [0.15, 0.2) is 17.2 Å². The van der Waals surface area contributed by atoms with E-state index in [9.17, 15) is 14.7 Å². The smallest absolute Gasteiger partial charge is 0.413 e. The molecule has 0 unspecified atom stereocenters. The minimum atomic E-state index is -1.29. The van der Waals surface area contributed by atoms with E-state index in [2.05, 4.69) is 20.6 Å². The second-order valence-corrected chi connectivity index (χ2v) is 11.2. The standard InChI is InChI=1S/C28H30FN7O6/c1-28(2,3)42-26(37)30-8-7-16-9-20(34(4)33-16)17-10-22-25(36-14-31-32-24(17)36)35(27(38)39)11-18-19(29)5-6-21-23(18)15(12-40-21)13-41-22/h5-6,9-10,14-15H,7-8,11-13H2,1-4H3,(H,30,37)(H,38,39)/t15-/m0/s1. The highest BCUT2D eigenvalue weighted by Crippen LogP contribution is 2.43. The predicted molar refractivity (Wildman–Crippen MR) is 147 cm³/mol. The Hall–Kier alpha value is -4.88. The third-order valence-electron chi connectivity index (χ3n) is 7.12. The summed E-state index contributed by atoms with van der Waals surface area (Å²) in [5.74, 6) is 0.145. The summed E-state index contributed by atoms with van der Waals surface area (Å²) in [6.07, 6.45) is 0.0375. The number of nitrogens with one attached hydrogen (secondary N) is 1. The second kappa shape index (κ2) is 10.2. The molecule has 2 aliphatic heterocycles. The van der Waals surface area contributed by atoms with E-state index in [0.717, 1.165) is 4.90 Å². The predicted octanol–water partition coefficient (Wildman–Crippen LogP) is 3.89. The average molecular weight is 580 g/mol. The summed E-state index contributed by atoms with van der Waals surface area (Å²) in [6, 6.07) is 6.41. The monoisotopic (exact) mass is 579 g/mol. The van der Waals surface area contributed by atoms with Crippen LogP contribution in [0.1, 0.15) is 43.5 Å². The number of carboxylic acid groups (broad SMARTS) is 1. The first-order valence-electron chi connectivity index (χ1n) is 13.4. The molecule has 0 saturated carbocycles. The molecule has 3 aromatic heterocycles. The highest BCUT2D eigenvalue weighted by atomic mass is 19.1. The lowest BCUT2D eigenvalue weighted by Gasteiger charge is -2.23. The molecule has 1 atom stereocenters. The Kier molecular flexibility index (Phi) is 6.62. The molecule has 0 bridgehead atoms. The van der Waals surface area contributed by atoms with Gasteiger partial charge in [-0.2, -0.15) is 5.10 Å². The number of anilines is 1. The van der Waals surface area contributed by atoms with Gasteiger partial charge in [-0.3, -0.25) is 14.0 Å². The maximum atomic E-state index is 15.1. The molecule has 0 saturated heterocycles. The van der Waals surface area contributed by atoms with Crippen LogP contribution in [-0.4, -0.2) is 67.0 Å². The van der Waals surface area contributed by atoms with Gasteiger partial charge in [-0.05, 0) is 45.0 Å². The number of ether oxygens (including phenoxy) is 3. The number of pyridine rings is 1. The van der Waals surface area contributed by atoms with Crippen LogP contribution >= 0.6 is 0 Å². The number of amides is 2. The minimum absolute atomic E-state index is 0.143. The van der Waals surface area contributed by atoms with Crippen LogP contribution in [0.5, 0.6) is 11.5 Å². The summed E-state index contributed by atoms with van der Waals surface area (Å²) >= 11 is 0. The number of carbonyl (C=O) groups is 2. The van der Waals surface area contributed by atoms with Gasteiger partial charge in [0.2, 0.25) is 0 Å². The van der Waals surface area contributed by atoms with Crippen molar-refractivity contribution in [2.24, 2.45) is 7.05 Å². The summed E-state index contributed by atoms with van der Waals surface area (Å²) in [4.78, 5) is 25.7. The van der Waals surface area contributed by atoms with Crippen molar-refractivity contribution in [3.05, 3.63) is 53.2 Å². The molecular weight excluding hydrogens is 549 g/mol. The van der Waals surface area contributed by atoms with Gasteiger partial charge in [0.05, 0.1) is 37.1 Å². The first-order valence-corrected chi connectivity index (χ1v) is 13.4. The van der Waals surface area contributed by atoms with Crippen LogP contribution in [0.2, 0.25) is 0 Å². The fraction of sp³-hybridized carbons (Fsp3) is 0.393. The average Bonchev–Trinajstić information content (AvgIpc) is 3.64. The van der Waals surface area contributed by atoms with Gasteiger partial charge >= 0.3 is 12.2 Å². The lowest BCUT2D eigenvalue weighted by atomic mass is 9.95. The number of aryl methyl sites for hydroxylation is 1. The largest absolute Gasteiger partial charge is 0.493 e. The van der Waals surface area contributed by atoms with Gasteiger partial charge < -0.3 is 24.6 Å². The van der Waals surface area contributed by atoms with Crippen molar-refractivity contribution in [2.45, 2.75) is 45.3 Å². The number of halogens is 1. The fourth-order valence-corrected chi connectivity index (χ4v) is 5.36. The molecule has 0 radical (unpaired) electrons. The molecule has 0 spiro atoms. The molecule has 1 aromatic carbocycles. The molecular formula is C28H30FN7O6. The van der Waals surface area contributed by atoms with E-state index in [1.54, 1.807) is 44.6 Å².